The SMILES string of the molecule is Cc1cc(C(=O)O)cnc1Oc1ccccc1Cl. The third kappa shape index (κ3) is 2.60. The average Bonchev–Trinajstić information content (AvgIpc) is 2.34. The highest BCUT2D eigenvalue weighted by Gasteiger charge is 2.10. The molecule has 0 radical (unpaired) electrons. The molecule has 0 saturated carbocycles. The summed E-state index contributed by atoms with van der Waals surface area (Å²) in [6, 6.07) is 8.51. The van der Waals surface area contributed by atoms with Crippen LogP contribution >= 0.6 is 11.6 Å². The Morgan fingerprint density at radius 1 is 1.39 bits per heavy atom. The number of ether oxygens (including phenoxy) is 1. The van der Waals surface area contributed by atoms with Gasteiger partial charge < -0.3 is 9.84 Å². The Balaban J connectivity index is 2.30. The number of carboxylic acids is 1. The first-order valence-electron chi connectivity index (χ1n) is 5.20. The molecule has 92 valence electrons. The molecule has 0 aliphatic rings. The van der Waals surface area contributed by atoms with Crippen molar-refractivity contribution in [3.05, 3.63) is 52.7 Å². The van der Waals surface area contributed by atoms with Crippen molar-refractivity contribution < 1.29 is 14.6 Å². The van der Waals surface area contributed by atoms with Gasteiger partial charge in [0, 0.05) is 11.8 Å². The summed E-state index contributed by atoms with van der Waals surface area (Å²) in [5.74, 6) is -0.194. The van der Waals surface area contributed by atoms with Crippen molar-refractivity contribution in [2.45, 2.75) is 6.92 Å². The van der Waals surface area contributed by atoms with E-state index in [1.807, 2.05) is 0 Å². The lowest BCUT2D eigenvalue weighted by atomic mass is 10.2. The first kappa shape index (κ1) is 12.4. The fraction of sp³-hybridized carbons (Fsp3) is 0.0769. The van der Waals surface area contributed by atoms with E-state index < -0.39 is 5.97 Å². The van der Waals surface area contributed by atoms with Crippen molar-refractivity contribution in [2.24, 2.45) is 0 Å². The highest BCUT2D eigenvalue weighted by Crippen LogP contribution is 2.29. The van der Waals surface area contributed by atoms with Gasteiger partial charge in [-0.25, -0.2) is 9.78 Å². The van der Waals surface area contributed by atoms with Crippen LogP contribution in [-0.4, -0.2) is 16.1 Å². The molecular formula is C13H10ClNO3. The molecule has 0 atom stereocenters. The van der Waals surface area contributed by atoms with Gasteiger partial charge in [0.25, 0.3) is 0 Å². The van der Waals surface area contributed by atoms with E-state index in [1.54, 1.807) is 31.2 Å². The lowest BCUT2D eigenvalue weighted by molar-refractivity contribution is 0.0696. The molecule has 0 saturated heterocycles. The van der Waals surface area contributed by atoms with E-state index in [2.05, 4.69) is 4.98 Å². The first-order valence-corrected chi connectivity index (χ1v) is 5.58. The van der Waals surface area contributed by atoms with E-state index in [0.717, 1.165) is 0 Å². The number of pyridine rings is 1. The molecule has 0 amide bonds. The molecule has 4 nitrogen and oxygen atoms in total. The van der Waals surface area contributed by atoms with Gasteiger partial charge in [0.1, 0.15) is 5.75 Å². The van der Waals surface area contributed by atoms with Crippen LogP contribution in [-0.2, 0) is 0 Å². The van der Waals surface area contributed by atoms with Crippen LogP contribution in [0.5, 0.6) is 11.6 Å². The fourth-order valence-corrected chi connectivity index (χ4v) is 1.59. The summed E-state index contributed by atoms with van der Waals surface area (Å²) in [6.07, 6.45) is 1.25. The van der Waals surface area contributed by atoms with Crippen LogP contribution in [0.1, 0.15) is 15.9 Å². The molecule has 0 bridgehead atoms. The summed E-state index contributed by atoms with van der Waals surface area (Å²) in [7, 11) is 0. The number of aromatic carboxylic acids is 1. The highest BCUT2D eigenvalue weighted by atomic mass is 35.5. The zero-order valence-electron chi connectivity index (χ0n) is 9.55. The largest absolute Gasteiger partial charge is 0.478 e. The van der Waals surface area contributed by atoms with Crippen molar-refractivity contribution in [1.82, 2.24) is 4.98 Å². The van der Waals surface area contributed by atoms with Crippen molar-refractivity contribution >= 4 is 17.6 Å². The Morgan fingerprint density at radius 2 is 2.11 bits per heavy atom. The van der Waals surface area contributed by atoms with Crippen molar-refractivity contribution in [2.75, 3.05) is 0 Å². The number of hydrogen-bond acceptors (Lipinski definition) is 3. The smallest absolute Gasteiger partial charge is 0.337 e. The topological polar surface area (TPSA) is 59.4 Å². The first-order chi connectivity index (χ1) is 8.58. The molecule has 2 rings (SSSR count). The summed E-state index contributed by atoms with van der Waals surface area (Å²) in [4.78, 5) is 14.7. The maximum Gasteiger partial charge on any atom is 0.337 e. The predicted octanol–water partition coefficient (Wildman–Crippen LogP) is 3.53. The fourth-order valence-electron chi connectivity index (χ4n) is 1.42. The number of carboxylic acid groups (broad SMARTS) is 1. The second-order valence-corrected chi connectivity index (χ2v) is 4.09. The number of rotatable bonds is 3. The summed E-state index contributed by atoms with van der Waals surface area (Å²) in [5, 5.41) is 9.31. The predicted molar refractivity (Wildman–Crippen MR) is 67.5 cm³/mol. The highest BCUT2D eigenvalue weighted by molar-refractivity contribution is 6.32. The zero-order valence-corrected chi connectivity index (χ0v) is 10.3. The van der Waals surface area contributed by atoms with Crippen molar-refractivity contribution in [3.63, 3.8) is 0 Å². The minimum absolute atomic E-state index is 0.124. The standard InChI is InChI=1S/C13H10ClNO3/c1-8-6-9(13(16)17)7-15-12(8)18-11-5-3-2-4-10(11)14/h2-7H,1H3,(H,16,17). The van der Waals surface area contributed by atoms with Gasteiger partial charge in [-0.3, -0.25) is 0 Å². The molecule has 1 aromatic carbocycles. The van der Waals surface area contributed by atoms with Gasteiger partial charge in [0.15, 0.2) is 0 Å². The van der Waals surface area contributed by atoms with Crippen LogP contribution in [0.15, 0.2) is 36.5 Å². The third-order valence-electron chi connectivity index (χ3n) is 2.32. The second kappa shape index (κ2) is 5.06. The number of para-hydroxylation sites is 1. The van der Waals surface area contributed by atoms with Gasteiger partial charge in [0.2, 0.25) is 5.88 Å². The number of aromatic nitrogens is 1. The Morgan fingerprint density at radius 3 is 2.72 bits per heavy atom. The molecule has 18 heavy (non-hydrogen) atoms. The molecule has 0 aliphatic carbocycles. The number of nitrogens with zero attached hydrogens (tertiary/aromatic N) is 1. The van der Waals surface area contributed by atoms with Gasteiger partial charge in [-0.1, -0.05) is 23.7 Å². The van der Waals surface area contributed by atoms with E-state index in [4.69, 9.17) is 21.4 Å². The number of benzene rings is 1. The lowest BCUT2D eigenvalue weighted by Crippen LogP contribution is -2.00. The van der Waals surface area contributed by atoms with Crippen LogP contribution in [0, 0.1) is 6.92 Å². The van der Waals surface area contributed by atoms with Gasteiger partial charge in [-0.05, 0) is 25.1 Å². The van der Waals surface area contributed by atoms with Gasteiger partial charge >= 0.3 is 5.97 Å². The average molecular weight is 264 g/mol. The Labute approximate surface area is 109 Å². The van der Waals surface area contributed by atoms with Gasteiger partial charge in [-0.15, -0.1) is 0 Å². The van der Waals surface area contributed by atoms with Crippen LogP contribution in [0.4, 0.5) is 0 Å². The minimum atomic E-state index is -1.02. The summed E-state index contributed by atoms with van der Waals surface area (Å²) in [5.41, 5.74) is 0.758. The number of halogens is 1. The van der Waals surface area contributed by atoms with Crippen LogP contribution in [0.2, 0.25) is 5.02 Å². The van der Waals surface area contributed by atoms with Crippen molar-refractivity contribution in [3.8, 4) is 11.6 Å². The van der Waals surface area contributed by atoms with E-state index in [-0.39, 0.29) is 5.56 Å². The second-order valence-electron chi connectivity index (χ2n) is 3.68. The maximum atomic E-state index is 10.8. The van der Waals surface area contributed by atoms with E-state index in [0.29, 0.717) is 22.2 Å². The molecule has 0 fully saturated rings. The van der Waals surface area contributed by atoms with E-state index >= 15 is 0 Å². The Bertz CT molecular complexity index is 599. The van der Waals surface area contributed by atoms with E-state index in [1.165, 1.54) is 12.3 Å². The zero-order chi connectivity index (χ0) is 13.1. The minimum Gasteiger partial charge on any atom is -0.478 e. The molecule has 0 unspecified atom stereocenters. The molecule has 0 spiro atoms. The van der Waals surface area contributed by atoms with Gasteiger partial charge in [0.05, 0.1) is 10.6 Å². The van der Waals surface area contributed by atoms with Gasteiger partial charge in [-0.2, -0.15) is 0 Å². The van der Waals surface area contributed by atoms with Crippen LogP contribution in [0.25, 0.3) is 0 Å². The number of aryl methyl sites for hydroxylation is 1. The quantitative estimate of drug-likeness (QED) is 0.920. The summed E-state index contributed by atoms with van der Waals surface area (Å²) in [6.45, 7) is 1.73. The van der Waals surface area contributed by atoms with Crippen LogP contribution < -0.4 is 4.74 Å². The van der Waals surface area contributed by atoms with E-state index in [9.17, 15) is 4.79 Å². The molecule has 1 N–H and O–H groups in total. The van der Waals surface area contributed by atoms with Crippen LogP contribution in [0.3, 0.4) is 0 Å². The summed E-state index contributed by atoms with van der Waals surface area (Å²) < 4.78 is 5.54. The molecule has 5 heteroatoms. The lowest BCUT2D eigenvalue weighted by Gasteiger charge is -2.09. The summed E-state index contributed by atoms with van der Waals surface area (Å²) >= 11 is 5.96. The number of carbonyl (C=O) groups is 1. The molecule has 1 heterocycles. The Hall–Kier alpha value is -2.07. The molecule has 1 aromatic heterocycles. The molecule has 0 aliphatic heterocycles. The maximum absolute atomic E-state index is 10.8. The molecular weight excluding hydrogens is 254 g/mol. The third-order valence-corrected chi connectivity index (χ3v) is 2.63. The van der Waals surface area contributed by atoms with Crippen molar-refractivity contribution in [1.29, 1.82) is 0 Å². The normalized spacial score (nSPS) is 10.1. The Kier molecular flexibility index (Phi) is 3.48. The monoisotopic (exact) mass is 263 g/mol. The molecule has 2 aromatic rings. The number of hydrogen-bond donors (Lipinski definition) is 1.